The minimum atomic E-state index is 0.0751. The Labute approximate surface area is 119 Å². The van der Waals surface area contributed by atoms with Crippen molar-refractivity contribution in [1.82, 2.24) is 5.32 Å². The zero-order chi connectivity index (χ0) is 13.5. The number of amides is 1. The number of hydrogen-bond donors (Lipinski definition) is 1. The topological polar surface area (TPSA) is 38.3 Å². The van der Waals surface area contributed by atoms with Crippen molar-refractivity contribution in [1.29, 1.82) is 0 Å². The molecule has 1 atom stereocenters. The van der Waals surface area contributed by atoms with Gasteiger partial charge in [0.2, 0.25) is 5.91 Å². The standard InChI is InChI=1S/C15H21NO2S/c1-19-14-7-5-12(6-8-14)10-15(17)16-11-13-4-2-3-9-18-13/h5-8,13H,2-4,9-11H2,1H3,(H,16,17)/t13-/m0/s1. The number of carbonyl (C=O) groups is 1. The smallest absolute Gasteiger partial charge is 0.224 e. The molecule has 0 aliphatic carbocycles. The van der Waals surface area contributed by atoms with Gasteiger partial charge in [0.1, 0.15) is 0 Å². The van der Waals surface area contributed by atoms with Gasteiger partial charge in [-0.15, -0.1) is 11.8 Å². The van der Waals surface area contributed by atoms with Gasteiger partial charge in [0.05, 0.1) is 12.5 Å². The molecule has 1 fully saturated rings. The van der Waals surface area contributed by atoms with Gasteiger partial charge in [0.15, 0.2) is 0 Å². The molecule has 4 heteroatoms. The quantitative estimate of drug-likeness (QED) is 0.842. The van der Waals surface area contributed by atoms with Crippen molar-refractivity contribution in [3.05, 3.63) is 29.8 Å². The Morgan fingerprint density at radius 1 is 1.37 bits per heavy atom. The Morgan fingerprint density at radius 2 is 2.16 bits per heavy atom. The van der Waals surface area contributed by atoms with E-state index < -0.39 is 0 Å². The molecule has 1 N–H and O–H groups in total. The van der Waals surface area contributed by atoms with E-state index in [0.717, 1.165) is 25.0 Å². The molecule has 1 aliphatic rings. The van der Waals surface area contributed by atoms with Gasteiger partial charge in [-0.05, 0) is 43.2 Å². The third-order valence-corrected chi connectivity index (χ3v) is 4.07. The summed E-state index contributed by atoms with van der Waals surface area (Å²) in [7, 11) is 0. The van der Waals surface area contributed by atoms with Crippen LogP contribution in [0.1, 0.15) is 24.8 Å². The summed E-state index contributed by atoms with van der Waals surface area (Å²) >= 11 is 1.71. The fraction of sp³-hybridized carbons (Fsp3) is 0.533. The zero-order valence-electron chi connectivity index (χ0n) is 11.4. The Morgan fingerprint density at radius 3 is 2.79 bits per heavy atom. The lowest BCUT2D eigenvalue weighted by Gasteiger charge is -2.22. The predicted octanol–water partition coefficient (Wildman–Crippen LogP) is 2.64. The lowest BCUT2D eigenvalue weighted by atomic mass is 10.1. The number of thioether (sulfide) groups is 1. The lowest BCUT2D eigenvalue weighted by molar-refractivity contribution is -0.121. The highest BCUT2D eigenvalue weighted by atomic mass is 32.2. The van der Waals surface area contributed by atoms with Crippen LogP contribution in [0, 0.1) is 0 Å². The molecule has 3 nitrogen and oxygen atoms in total. The maximum absolute atomic E-state index is 11.8. The van der Waals surface area contributed by atoms with Crippen molar-refractivity contribution in [3.8, 4) is 0 Å². The summed E-state index contributed by atoms with van der Waals surface area (Å²) in [5.74, 6) is 0.0751. The molecule has 0 aromatic heterocycles. The SMILES string of the molecule is CSc1ccc(CC(=O)NC[C@@H]2CCCCO2)cc1. The minimum absolute atomic E-state index is 0.0751. The van der Waals surface area contributed by atoms with Gasteiger partial charge in [-0.3, -0.25) is 4.79 Å². The summed E-state index contributed by atoms with van der Waals surface area (Å²) in [6.07, 6.45) is 6.11. The van der Waals surface area contributed by atoms with Crippen LogP contribution in [0.25, 0.3) is 0 Å². The molecule has 0 saturated carbocycles. The number of hydrogen-bond acceptors (Lipinski definition) is 3. The van der Waals surface area contributed by atoms with Gasteiger partial charge in [0.25, 0.3) is 0 Å². The molecule has 1 aromatic carbocycles. The van der Waals surface area contributed by atoms with E-state index in [2.05, 4.69) is 17.4 Å². The third-order valence-electron chi connectivity index (χ3n) is 3.32. The second kappa shape index (κ2) is 7.56. The molecule has 1 aromatic rings. The first-order valence-corrected chi connectivity index (χ1v) is 8.01. The van der Waals surface area contributed by atoms with E-state index in [1.165, 1.54) is 11.3 Å². The molecule has 1 amide bonds. The Bertz CT molecular complexity index is 399. The number of carbonyl (C=O) groups excluding carboxylic acids is 1. The summed E-state index contributed by atoms with van der Waals surface area (Å²) in [6, 6.07) is 8.14. The van der Waals surface area contributed by atoms with E-state index in [-0.39, 0.29) is 12.0 Å². The van der Waals surface area contributed by atoms with Gasteiger partial charge < -0.3 is 10.1 Å². The average Bonchev–Trinajstić information content (AvgIpc) is 2.47. The minimum Gasteiger partial charge on any atom is -0.376 e. The largest absolute Gasteiger partial charge is 0.376 e. The van der Waals surface area contributed by atoms with E-state index in [1.54, 1.807) is 11.8 Å². The van der Waals surface area contributed by atoms with Crippen LogP contribution in [0.5, 0.6) is 0 Å². The number of nitrogens with one attached hydrogen (secondary N) is 1. The van der Waals surface area contributed by atoms with Gasteiger partial charge in [-0.2, -0.15) is 0 Å². The van der Waals surface area contributed by atoms with Gasteiger partial charge >= 0.3 is 0 Å². The van der Waals surface area contributed by atoms with Gasteiger partial charge in [0, 0.05) is 18.0 Å². The molecular weight excluding hydrogens is 258 g/mol. The molecule has 19 heavy (non-hydrogen) atoms. The number of rotatable bonds is 5. The van der Waals surface area contributed by atoms with Crippen LogP contribution in [0.3, 0.4) is 0 Å². The monoisotopic (exact) mass is 279 g/mol. The summed E-state index contributed by atoms with van der Waals surface area (Å²) in [6.45, 7) is 1.47. The average molecular weight is 279 g/mol. The second-order valence-corrected chi connectivity index (χ2v) is 5.70. The van der Waals surface area contributed by atoms with Crippen LogP contribution in [0.2, 0.25) is 0 Å². The van der Waals surface area contributed by atoms with Crippen LogP contribution < -0.4 is 5.32 Å². The van der Waals surface area contributed by atoms with Crippen molar-refractivity contribution in [2.45, 2.75) is 36.7 Å². The normalized spacial score (nSPS) is 19.1. The van der Waals surface area contributed by atoms with Gasteiger partial charge in [-0.25, -0.2) is 0 Å². The summed E-state index contributed by atoms with van der Waals surface area (Å²) in [5, 5.41) is 2.96. The van der Waals surface area contributed by atoms with Crippen LogP contribution in [0.15, 0.2) is 29.2 Å². The van der Waals surface area contributed by atoms with Crippen molar-refractivity contribution < 1.29 is 9.53 Å². The summed E-state index contributed by atoms with van der Waals surface area (Å²) in [4.78, 5) is 13.1. The molecular formula is C15H21NO2S. The molecule has 1 heterocycles. The second-order valence-electron chi connectivity index (χ2n) is 4.82. The van der Waals surface area contributed by atoms with E-state index in [4.69, 9.17) is 4.74 Å². The molecule has 0 bridgehead atoms. The molecule has 1 saturated heterocycles. The maximum Gasteiger partial charge on any atom is 0.224 e. The first kappa shape index (κ1) is 14.4. The van der Waals surface area contributed by atoms with Crippen molar-refractivity contribution in [2.75, 3.05) is 19.4 Å². The highest BCUT2D eigenvalue weighted by Gasteiger charge is 2.14. The first-order chi connectivity index (χ1) is 9.28. The highest BCUT2D eigenvalue weighted by molar-refractivity contribution is 7.98. The Balaban J connectivity index is 1.73. The molecule has 0 unspecified atom stereocenters. The fourth-order valence-electron chi connectivity index (χ4n) is 2.19. The van der Waals surface area contributed by atoms with Crippen LogP contribution in [-0.4, -0.2) is 31.4 Å². The van der Waals surface area contributed by atoms with E-state index in [0.29, 0.717) is 13.0 Å². The highest BCUT2D eigenvalue weighted by Crippen LogP contribution is 2.15. The predicted molar refractivity (Wildman–Crippen MR) is 78.5 cm³/mol. The molecule has 2 rings (SSSR count). The van der Waals surface area contributed by atoms with Crippen LogP contribution in [0.4, 0.5) is 0 Å². The summed E-state index contributed by atoms with van der Waals surface area (Å²) in [5.41, 5.74) is 1.06. The fourth-order valence-corrected chi connectivity index (χ4v) is 2.60. The molecule has 0 spiro atoms. The lowest BCUT2D eigenvalue weighted by Crippen LogP contribution is -2.36. The van der Waals surface area contributed by atoms with E-state index >= 15 is 0 Å². The molecule has 1 aliphatic heterocycles. The van der Waals surface area contributed by atoms with Gasteiger partial charge in [-0.1, -0.05) is 12.1 Å². The maximum atomic E-state index is 11.8. The van der Waals surface area contributed by atoms with Crippen LogP contribution >= 0.6 is 11.8 Å². The van der Waals surface area contributed by atoms with Crippen molar-refractivity contribution >= 4 is 17.7 Å². The third kappa shape index (κ3) is 4.88. The first-order valence-electron chi connectivity index (χ1n) is 6.79. The number of benzene rings is 1. The summed E-state index contributed by atoms with van der Waals surface area (Å²) < 4.78 is 5.59. The van der Waals surface area contributed by atoms with E-state index in [9.17, 15) is 4.79 Å². The Kier molecular flexibility index (Phi) is 5.73. The molecule has 104 valence electrons. The van der Waals surface area contributed by atoms with Crippen LogP contribution in [-0.2, 0) is 16.0 Å². The molecule has 0 radical (unpaired) electrons. The van der Waals surface area contributed by atoms with Crippen molar-refractivity contribution in [2.24, 2.45) is 0 Å². The Hall–Kier alpha value is -1.00. The number of ether oxygens (including phenoxy) is 1. The van der Waals surface area contributed by atoms with E-state index in [1.807, 2.05) is 18.4 Å². The zero-order valence-corrected chi connectivity index (χ0v) is 12.2. The van der Waals surface area contributed by atoms with Crippen molar-refractivity contribution in [3.63, 3.8) is 0 Å².